The van der Waals surface area contributed by atoms with Crippen molar-refractivity contribution < 1.29 is 14.6 Å². The zero-order valence-electron chi connectivity index (χ0n) is 14.4. The lowest BCUT2D eigenvalue weighted by atomic mass is 10.1. The van der Waals surface area contributed by atoms with Crippen LogP contribution in [0.1, 0.15) is 5.56 Å². The predicted molar refractivity (Wildman–Crippen MR) is 98.1 cm³/mol. The van der Waals surface area contributed by atoms with Gasteiger partial charge in [-0.25, -0.2) is 4.98 Å². The fourth-order valence-corrected chi connectivity index (χ4v) is 2.87. The molecule has 0 unspecified atom stereocenters. The number of methoxy groups -OCH3 is 2. The topological polar surface area (TPSA) is 96.0 Å². The van der Waals surface area contributed by atoms with Crippen LogP contribution in [0.15, 0.2) is 42.5 Å². The third-order valence-corrected chi connectivity index (χ3v) is 4.25. The Hall–Kier alpha value is -3.32. The molecule has 26 heavy (non-hydrogen) atoms. The Morgan fingerprint density at radius 2 is 1.92 bits per heavy atom. The lowest BCUT2D eigenvalue weighted by molar-refractivity contribution is 0.281. The molecule has 0 aliphatic heterocycles. The van der Waals surface area contributed by atoms with Crippen LogP contribution < -0.4 is 9.47 Å². The van der Waals surface area contributed by atoms with Crippen molar-refractivity contribution in [2.24, 2.45) is 0 Å². The summed E-state index contributed by atoms with van der Waals surface area (Å²) in [5.74, 6) is 2.12. The van der Waals surface area contributed by atoms with Gasteiger partial charge >= 0.3 is 0 Å². The number of aromatic amines is 2. The maximum Gasteiger partial charge on any atom is 0.156 e. The molecule has 0 spiro atoms. The van der Waals surface area contributed by atoms with Crippen LogP contribution in [0, 0.1) is 0 Å². The summed E-state index contributed by atoms with van der Waals surface area (Å²) in [7, 11) is 3.23. The van der Waals surface area contributed by atoms with Crippen LogP contribution in [0.4, 0.5) is 0 Å². The van der Waals surface area contributed by atoms with Gasteiger partial charge in [0.05, 0.1) is 37.6 Å². The Kier molecular flexibility index (Phi) is 4.06. The van der Waals surface area contributed by atoms with E-state index in [1.54, 1.807) is 20.3 Å². The molecule has 0 radical (unpaired) electrons. The molecule has 4 rings (SSSR count). The average Bonchev–Trinajstić information content (AvgIpc) is 3.33. The van der Waals surface area contributed by atoms with Crippen molar-refractivity contribution in [3.05, 3.63) is 48.0 Å². The molecule has 4 aromatic rings. The highest BCUT2D eigenvalue weighted by molar-refractivity contribution is 5.81. The van der Waals surface area contributed by atoms with Crippen molar-refractivity contribution in [3.8, 4) is 34.3 Å². The zero-order chi connectivity index (χ0) is 18.1. The maximum absolute atomic E-state index is 9.28. The number of rotatable bonds is 5. The highest BCUT2D eigenvalue weighted by atomic mass is 16.5. The van der Waals surface area contributed by atoms with Crippen LogP contribution in [0.5, 0.6) is 11.5 Å². The molecule has 7 nitrogen and oxygen atoms in total. The van der Waals surface area contributed by atoms with Crippen LogP contribution in [0.25, 0.3) is 33.8 Å². The Bertz CT molecular complexity index is 1070. The van der Waals surface area contributed by atoms with E-state index in [0.717, 1.165) is 39.3 Å². The summed E-state index contributed by atoms with van der Waals surface area (Å²) in [5, 5.41) is 16.7. The second-order valence-electron chi connectivity index (χ2n) is 5.83. The van der Waals surface area contributed by atoms with Gasteiger partial charge in [-0.3, -0.25) is 5.10 Å². The Labute approximate surface area is 149 Å². The first kappa shape index (κ1) is 16.2. The zero-order valence-corrected chi connectivity index (χ0v) is 14.4. The van der Waals surface area contributed by atoms with E-state index in [2.05, 4.69) is 20.2 Å². The molecular weight excluding hydrogens is 332 g/mol. The summed E-state index contributed by atoms with van der Waals surface area (Å²) in [5.41, 5.74) is 4.86. The molecule has 0 fully saturated rings. The van der Waals surface area contributed by atoms with Gasteiger partial charge in [0.1, 0.15) is 17.2 Å². The second-order valence-corrected chi connectivity index (χ2v) is 5.83. The lowest BCUT2D eigenvalue weighted by Crippen LogP contribution is -1.91. The van der Waals surface area contributed by atoms with Gasteiger partial charge in [-0.15, -0.1) is 0 Å². The quantitative estimate of drug-likeness (QED) is 0.514. The van der Waals surface area contributed by atoms with Gasteiger partial charge in [0, 0.05) is 11.6 Å². The number of hydrogen-bond donors (Lipinski definition) is 3. The van der Waals surface area contributed by atoms with Gasteiger partial charge in [0.15, 0.2) is 5.82 Å². The van der Waals surface area contributed by atoms with E-state index >= 15 is 0 Å². The van der Waals surface area contributed by atoms with E-state index < -0.39 is 0 Å². The van der Waals surface area contributed by atoms with Crippen LogP contribution in [0.2, 0.25) is 0 Å². The largest absolute Gasteiger partial charge is 0.497 e. The van der Waals surface area contributed by atoms with E-state index in [4.69, 9.17) is 9.47 Å². The van der Waals surface area contributed by atoms with Gasteiger partial charge in [0.25, 0.3) is 0 Å². The van der Waals surface area contributed by atoms with Crippen molar-refractivity contribution in [2.75, 3.05) is 14.2 Å². The monoisotopic (exact) mass is 350 g/mol. The van der Waals surface area contributed by atoms with Gasteiger partial charge in [0.2, 0.25) is 0 Å². The number of aliphatic hydroxyl groups is 1. The molecular formula is C19H18N4O3. The number of imidazole rings is 1. The van der Waals surface area contributed by atoms with Gasteiger partial charge in [-0.05, 0) is 35.9 Å². The lowest BCUT2D eigenvalue weighted by Gasteiger charge is -2.07. The number of aliphatic hydroxyl groups excluding tert-OH is 1. The van der Waals surface area contributed by atoms with Gasteiger partial charge < -0.3 is 19.6 Å². The first-order valence-corrected chi connectivity index (χ1v) is 8.09. The first-order chi connectivity index (χ1) is 12.7. The highest BCUT2D eigenvalue weighted by Gasteiger charge is 2.14. The standard InChI is InChI=1S/C19H18N4O3/c1-25-12-4-6-14-16(8-12)21-19(20-14)17-9-15(22-23-17)13-5-3-11(10-24)7-18(13)26-2/h3-9,24H,10H2,1-2H3,(H,20,21)(H,22,23). The minimum absolute atomic E-state index is 0.0368. The normalized spacial score (nSPS) is 11.0. The summed E-state index contributed by atoms with van der Waals surface area (Å²) in [6, 6.07) is 13.1. The van der Waals surface area contributed by atoms with Crippen LogP contribution >= 0.6 is 0 Å². The maximum atomic E-state index is 9.28. The minimum atomic E-state index is -0.0368. The second kappa shape index (κ2) is 6.53. The highest BCUT2D eigenvalue weighted by Crippen LogP contribution is 2.32. The third kappa shape index (κ3) is 2.78. The van der Waals surface area contributed by atoms with Crippen molar-refractivity contribution in [3.63, 3.8) is 0 Å². The van der Waals surface area contributed by atoms with Crippen LogP contribution in [-0.4, -0.2) is 39.5 Å². The number of nitrogens with zero attached hydrogens (tertiary/aromatic N) is 2. The summed E-state index contributed by atoms with van der Waals surface area (Å²) in [6.07, 6.45) is 0. The van der Waals surface area contributed by atoms with E-state index in [-0.39, 0.29) is 6.61 Å². The fourth-order valence-electron chi connectivity index (χ4n) is 2.87. The van der Waals surface area contributed by atoms with Crippen molar-refractivity contribution >= 4 is 11.0 Å². The van der Waals surface area contributed by atoms with Crippen LogP contribution in [-0.2, 0) is 6.61 Å². The van der Waals surface area contributed by atoms with E-state index in [1.165, 1.54) is 0 Å². The predicted octanol–water partition coefficient (Wildman–Crippen LogP) is 3.13. The number of H-pyrrole nitrogens is 2. The fraction of sp³-hybridized carbons (Fsp3) is 0.158. The molecule has 2 aromatic heterocycles. The smallest absolute Gasteiger partial charge is 0.156 e. The summed E-state index contributed by atoms with van der Waals surface area (Å²) in [6.45, 7) is -0.0368. The number of aromatic nitrogens is 4. The number of hydrogen-bond acceptors (Lipinski definition) is 5. The SMILES string of the molecule is COc1ccc2nc(-c3cc(-c4ccc(CO)cc4OC)n[nH]3)[nH]c2c1. The first-order valence-electron chi connectivity index (χ1n) is 8.09. The molecule has 7 heteroatoms. The molecule has 0 atom stereocenters. The van der Waals surface area contributed by atoms with E-state index in [9.17, 15) is 5.11 Å². The summed E-state index contributed by atoms with van der Waals surface area (Å²) in [4.78, 5) is 7.86. The van der Waals surface area contributed by atoms with Crippen molar-refractivity contribution in [1.29, 1.82) is 0 Å². The van der Waals surface area contributed by atoms with Crippen molar-refractivity contribution in [2.45, 2.75) is 6.61 Å². The van der Waals surface area contributed by atoms with Crippen LogP contribution in [0.3, 0.4) is 0 Å². The van der Waals surface area contributed by atoms with Crippen molar-refractivity contribution in [1.82, 2.24) is 20.2 Å². The number of fused-ring (bicyclic) bond motifs is 1. The molecule has 0 aliphatic rings. The summed E-state index contributed by atoms with van der Waals surface area (Å²) >= 11 is 0. The number of ether oxygens (including phenoxy) is 2. The number of nitrogens with one attached hydrogen (secondary N) is 2. The Morgan fingerprint density at radius 3 is 2.69 bits per heavy atom. The van der Waals surface area contributed by atoms with E-state index in [1.807, 2.05) is 36.4 Å². The molecule has 2 heterocycles. The summed E-state index contributed by atoms with van der Waals surface area (Å²) < 4.78 is 10.7. The molecule has 0 amide bonds. The molecule has 0 aliphatic carbocycles. The Morgan fingerprint density at radius 1 is 1.04 bits per heavy atom. The molecule has 3 N–H and O–H groups in total. The van der Waals surface area contributed by atoms with E-state index in [0.29, 0.717) is 11.6 Å². The molecule has 0 saturated heterocycles. The molecule has 0 bridgehead atoms. The Balaban J connectivity index is 1.72. The molecule has 0 saturated carbocycles. The van der Waals surface area contributed by atoms with Gasteiger partial charge in [-0.1, -0.05) is 6.07 Å². The number of benzene rings is 2. The molecule has 132 valence electrons. The average molecular weight is 350 g/mol. The van der Waals surface area contributed by atoms with Gasteiger partial charge in [-0.2, -0.15) is 5.10 Å². The third-order valence-electron chi connectivity index (χ3n) is 4.25. The molecule has 2 aromatic carbocycles. The minimum Gasteiger partial charge on any atom is -0.497 e.